The molecule has 2 aromatic heterocycles. The van der Waals surface area contributed by atoms with E-state index < -0.39 is 6.10 Å². The van der Waals surface area contributed by atoms with Crippen LogP contribution in [-0.2, 0) is 6.54 Å². The molecule has 0 aromatic carbocycles. The molecular formula is C8H10ClN5O2. The van der Waals surface area contributed by atoms with Crippen molar-refractivity contribution in [2.24, 2.45) is 0 Å². The molecule has 8 heteroatoms. The maximum Gasteiger partial charge on any atom is 0.223 e. The van der Waals surface area contributed by atoms with Crippen molar-refractivity contribution >= 4 is 28.7 Å². The van der Waals surface area contributed by atoms with Gasteiger partial charge in [-0.2, -0.15) is 9.97 Å². The molecule has 0 fully saturated rings. The molecule has 4 N–H and O–H groups in total. The van der Waals surface area contributed by atoms with E-state index in [1.807, 2.05) is 0 Å². The van der Waals surface area contributed by atoms with E-state index in [9.17, 15) is 5.11 Å². The molecule has 16 heavy (non-hydrogen) atoms. The van der Waals surface area contributed by atoms with Crippen LogP contribution in [0.1, 0.15) is 0 Å². The van der Waals surface area contributed by atoms with Crippen molar-refractivity contribution in [1.29, 1.82) is 0 Å². The Balaban J connectivity index is 2.47. The number of aliphatic hydroxyl groups is 2. The fourth-order valence-electron chi connectivity index (χ4n) is 1.34. The van der Waals surface area contributed by atoms with Crippen molar-refractivity contribution in [3.63, 3.8) is 0 Å². The Bertz CT molecular complexity index is 514. The van der Waals surface area contributed by atoms with Gasteiger partial charge >= 0.3 is 0 Å². The van der Waals surface area contributed by atoms with E-state index in [1.54, 1.807) is 4.57 Å². The van der Waals surface area contributed by atoms with E-state index in [-0.39, 0.29) is 24.3 Å². The van der Waals surface area contributed by atoms with Crippen molar-refractivity contribution in [1.82, 2.24) is 19.5 Å². The van der Waals surface area contributed by atoms with E-state index in [1.165, 1.54) is 6.33 Å². The van der Waals surface area contributed by atoms with Gasteiger partial charge in [0, 0.05) is 0 Å². The minimum atomic E-state index is -0.882. The third kappa shape index (κ3) is 1.92. The lowest BCUT2D eigenvalue weighted by molar-refractivity contribution is 0.0820. The van der Waals surface area contributed by atoms with Crippen LogP contribution in [0.3, 0.4) is 0 Å². The summed E-state index contributed by atoms with van der Waals surface area (Å²) in [5, 5.41) is 18.2. The summed E-state index contributed by atoms with van der Waals surface area (Å²) in [4.78, 5) is 11.7. The Kier molecular flexibility index (Phi) is 2.90. The molecule has 1 unspecified atom stereocenters. The fourth-order valence-corrected chi connectivity index (χ4v) is 1.56. The van der Waals surface area contributed by atoms with Gasteiger partial charge in [-0.3, -0.25) is 0 Å². The highest BCUT2D eigenvalue weighted by Gasteiger charge is 2.12. The molecule has 2 rings (SSSR count). The van der Waals surface area contributed by atoms with Crippen LogP contribution in [0.15, 0.2) is 6.33 Å². The maximum atomic E-state index is 9.32. The predicted octanol–water partition coefficient (Wildman–Crippen LogP) is -0.585. The first kappa shape index (κ1) is 11.1. The van der Waals surface area contributed by atoms with Gasteiger partial charge in [0.2, 0.25) is 5.95 Å². The fraction of sp³-hybridized carbons (Fsp3) is 0.375. The molecule has 0 saturated carbocycles. The molecule has 2 aromatic rings. The summed E-state index contributed by atoms with van der Waals surface area (Å²) >= 11 is 5.83. The van der Waals surface area contributed by atoms with Crippen molar-refractivity contribution in [2.75, 3.05) is 12.3 Å². The largest absolute Gasteiger partial charge is 0.394 e. The molecule has 0 bridgehead atoms. The predicted molar refractivity (Wildman–Crippen MR) is 57.8 cm³/mol. The topological polar surface area (TPSA) is 110 Å². The van der Waals surface area contributed by atoms with Gasteiger partial charge in [-0.25, -0.2) is 4.98 Å². The average Bonchev–Trinajstić information content (AvgIpc) is 2.61. The molecule has 1 atom stereocenters. The highest BCUT2D eigenvalue weighted by atomic mass is 35.5. The van der Waals surface area contributed by atoms with Gasteiger partial charge in [-0.05, 0) is 0 Å². The number of nitrogen functional groups attached to an aromatic ring is 1. The molecule has 0 radical (unpaired) electrons. The average molecular weight is 244 g/mol. The van der Waals surface area contributed by atoms with Crippen molar-refractivity contribution in [2.45, 2.75) is 12.6 Å². The van der Waals surface area contributed by atoms with Crippen LogP contribution < -0.4 is 5.73 Å². The summed E-state index contributed by atoms with van der Waals surface area (Å²) in [6.07, 6.45) is 0.580. The van der Waals surface area contributed by atoms with E-state index in [4.69, 9.17) is 22.4 Å². The zero-order valence-corrected chi connectivity index (χ0v) is 8.96. The molecule has 7 nitrogen and oxygen atoms in total. The first-order valence-electron chi connectivity index (χ1n) is 4.54. The van der Waals surface area contributed by atoms with Crippen molar-refractivity contribution < 1.29 is 10.2 Å². The van der Waals surface area contributed by atoms with Gasteiger partial charge in [0.05, 0.1) is 25.6 Å². The molecule has 0 amide bonds. The number of nitrogens with two attached hydrogens (primary N) is 1. The standard InChI is InChI=1S/C8H10ClN5O2/c9-6-5-7(13-8(10)12-6)14(3-11-5)1-4(16)2-15/h3-4,15-16H,1-2H2,(H2,10,12,13). The number of anilines is 1. The molecule has 86 valence electrons. The van der Waals surface area contributed by atoms with E-state index in [2.05, 4.69) is 15.0 Å². The van der Waals surface area contributed by atoms with Gasteiger partial charge in [-0.1, -0.05) is 11.6 Å². The van der Waals surface area contributed by atoms with Crippen LogP contribution in [0, 0.1) is 0 Å². The van der Waals surface area contributed by atoms with Gasteiger partial charge < -0.3 is 20.5 Å². The first-order valence-corrected chi connectivity index (χ1v) is 4.92. The lowest BCUT2D eigenvalue weighted by Gasteiger charge is -2.08. The Labute approximate surface area is 95.5 Å². The SMILES string of the molecule is Nc1nc(Cl)c2ncn(CC(O)CO)c2n1. The summed E-state index contributed by atoms with van der Waals surface area (Å²) in [5.41, 5.74) is 6.31. The number of aromatic nitrogens is 4. The minimum Gasteiger partial charge on any atom is -0.394 e. The Hall–Kier alpha value is -1.44. The highest BCUT2D eigenvalue weighted by molar-refractivity contribution is 6.33. The zero-order chi connectivity index (χ0) is 11.7. The number of nitrogens with zero attached hydrogens (tertiary/aromatic N) is 4. The number of halogens is 1. The van der Waals surface area contributed by atoms with E-state index >= 15 is 0 Å². The van der Waals surface area contributed by atoms with Crippen molar-refractivity contribution in [3.8, 4) is 0 Å². The van der Waals surface area contributed by atoms with E-state index in [0.717, 1.165) is 0 Å². The van der Waals surface area contributed by atoms with Gasteiger partial charge in [-0.15, -0.1) is 0 Å². The van der Waals surface area contributed by atoms with Crippen LogP contribution in [0.2, 0.25) is 5.15 Å². The monoisotopic (exact) mass is 243 g/mol. The summed E-state index contributed by atoms with van der Waals surface area (Å²) in [6.45, 7) is -0.173. The third-order valence-electron chi connectivity index (χ3n) is 2.06. The zero-order valence-electron chi connectivity index (χ0n) is 8.21. The number of aliphatic hydroxyl groups excluding tert-OH is 2. The van der Waals surface area contributed by atoms with Crippen molar-refractivity contribution in [3.05, 3.63) is 11.5 Å². The second kappa shape index (κ2) is 4.20. The first-order chi connectivity index (χ1) is 7.61. The maximum absolute atomic E-state index is 9.32. The van der Waals surface area contributed by atoms with Crippen LogP contribution in [0.4, 0.5) is 5.95 Å². The van der Waals surface area contributed by atoms with Crippen LogP contribution >= 0.6 is 11.6 Å². The van der Waals surface area contributed by atoms with Crippen LogP contribution in [0.5, 0.6) is 0 Å². The molecule has 0 aliphatic heterocycles. The summed E-state index contributed by atoms with van der Waals surface area (Å²) < 4.78 is 1.56. The molecule has 0 aliphatic carbocycles. The lowest BCUT2D eigenvalue weighted by atomic mass is 10.4. The van der Waals surface area contributed by atoms with Gasteiger partial charge in [0.15, 0.2) is 10.8 Å². The number of hydrogen-bond acceptors (Lipinski definition) is 6. The Morgan fingerprint density at radius 3 is 2.94 bits per heavy atom. The quantitative estimate of drug-likeness (QED) is 0.622. The second-order valence-corrected chi connectivity index (χ2v) is 3.64. The molecule has 0 saturated heterocycles. The highest BCUT2D eigenvalue weighted by Crippen LogP contribution is 2.19. The molecule has 0 aliphatic rings. The van der Waals surface area contributed by atoms with Gasteiger partial charge in [0.1, 0.15) is 5.52 Å². The van der Waals surface area contributed by atoms with Crippen LogP contribution in [0.25, 0.3) is 11.2 Å². The minimum absolute atomic E-state index is 0.0396. The normalized spacial score (nSPS) is 13.2. The molecule has 2 heterocycles. The molecule has 0 spiro atoms. The molecular weight excluding hydrogens is 234 g/mol. The van der Waals surface area contributed by atoms with Gasteiger partial charge in [0.25, 0.3) is 0 Å². The number of imidazole rings is 1. The number of rotatable bonds is 3. The smallest absolute Gasteiger partial charge is 0.223 e. The summed E-state index contributed by atoms with van der Waals surface area (Å²) in [5.74, 6) is 0.0396. The lowest BCUT2D eigenvalue weighted by Crippen LogP contribution is -2.19. The van der Waals surface area contributed by atoms with E-state index in [0.29, 0.717) is 11.2 Å². The third-order valence-corrected chi connectivity index (χ3v) is 2.32. The second-order valence-electron chi connectivity index (χ2n) is 3.28. The Morgan fingerprint density at radius 2 is 2.25 bits per heavy atom. The summed E-state index contributed by atoms with van der Waals surface area (Å²) in [7, 11) is 0. The number of fused-ring (bicyclic) bond motifs is 1. The number of hydrogen-bond donors (Lipinski definition) is 3. The Morgan fingerprint density at radius 1 is 1.50 bits per heavy atom. The van der Waals surface area contributed by atoms with Crippen LogP contribution in [-0.4, -0.2) is 42.4 Å². The summed E-state index contributed by atoms with van der Waals surface area (Å²) in [6, 6.07) is 0.